The van der Waals surface area contributed by atoms with Crippen molar-refractivity contribution in [3.63, 3.8) is 0 Å². The molecule has 0 aromatic rings. The van der Waals surface area contributed by atoms with Gasteiger partial charge >= 0.3 is 19.5 Å². The van der Waals surface area contributed by atoms with Crippen LogP contribution >= 0.6 is 0 Å². The summed E-state index contributed by atoms with van der Waals surface area (Å²) in [7, 11) is 0. The molecule has 0 amide bonds. The zero-order valence-corrected chi connectivity index (χ0v) is 11.8. The molecule has 0 nitrogen and oxygen atoms in total. The maximum atomic E-state index is 3.25. The Morgan fingerprint density at radius 2 is 0.833 bits per heavy atom. The van der Waals surface area contributed by atoms with Gasteiger partial charge in [0.1, 0.15) is 0 Å². The van der Waals surface area contributed by atoms with Crippen molar-refractivity contribution in [3.05, 3.63) is 13.8 Å². The Labute approximate surface area is 74.0 Å². The summed E-state index contributed by atoms with van der Waals surface area (Å²) in [5.74, 6) is 0. The molecular weight excluding hydrogens is 226 g/mol. The summed E-state index contributed by atoms with van der Waals surface area (Å²) in [6.45, 7) is 10.0. The van der Waals surface area contributed by atoms with Gasteiger partial charge in [-0.05, 0) is 0 Å². The van der Waals surface area contributed by atoms with Gasteiger partial charge in [-0.2, -0.15) is 13.8 Å². The van der Waals surface area contributed by atoms with Gasteiger partial charge in [0.15, 0.2) is 0 Å². The second kappa shape index (κ2) is 84.3. The molecule has 0 atom stereocenters. The summed E-state index contributed by atoms with van der Waals surface area (Å²) >= 11 is 0. The van der Waals surface area contributed by atoms with Gasteiger partial charge < -0.3 is 13.8 Å². The molecule has 0 heterocycles. The van der Waals surface area contributed by atoms with Crippen molar-refractivity contribution in [2.75, 3.05) is 0 Å². The molecule has 0 radical (unpaired) electrons. The fourth-order valence-corrected chi connectivity index (χ4v) is 0. The van der Waals surface area contributed by atoms with Crippen LogP contribution in [0.1, 0.15) is 13.8 Å². The summed E-state index contributed by atoms with van der Waals surface area (Å²) in [5, 5.41) is 0. The molecule has 2 heteroatoms. The molecule has 0 saturated heterocycles. The van der Waals surface area contributed by atoms with Crippen molar-refractivity contribution in [1.82, 2.24) is 0 Å². The van der Waals surface area contributed by atoms with Crippen LogP contribution in [0.15, 0.2) is 0 Å². The van der Waals surface area contributed by atoms with Crippen LogP contribution < -0.4 is 0 Å². The molecule has 0 rings (SSSR count). The van der Waals surface area contributed by atoms with Gasteiger partial charge in [-0.1, -0.05) is 0 Å². The van der Waals surface area contributed by atoms with E-state index in [-0.39, 0.29) is 46.8 Å². The predicted molar refractivity (Wildman–Crippen MR) is 22.1 cm³/mol. The standard InChI is InChI=1S/2C2H5.Cd.Zn/c2*1-2;;/h2*1H2,2H3;;/q2*-1;;+2. The quantitative estimate of drug-likeness (QED) is 0.443. The van der Waals surface area contributed by atoms with Crippen molar-refractivity contribution in [1.29, 1.82) is 0 Å². The van der Waals surface area contributed by atoms with Gasteiger partial charge in [0.25, 0.3) is 0 Å². The van der Waals surface area contributed by atoms with Crippen LogP contribution in [-0.2, 0) is 46.8 Å². The Balaban J connectivity index is -0.00000000500. The van der Waals surface area contributed by atoms with Crippen LogP contribution in [0.4, 0.5) is 0 Å². The normalized spacial score (nSPS) is 2.00. The third-order valence-corrected chi connectivity index (χ3v) is 0. The molecule has 0 aliphatic carbocycles. The molecule has 6 heavy (non-hydrogen) atoms. The molecule has 0 saturated carbocycles. The molecule has 0 aromatic heterocycles. The molecule has 0 unspecified atom stereocenters. The predicted octanol–water partition coefficient (Wildman–Crippen LogP) is 1.68. The van der Waals surface area contributed by atoms with E-state index < -0.39 is 0 Å². The van der Waals surface area contributed by atoms with Crippen LogP contribution in [0, 0.1) is 13.8 Å². The van der Waals surface area contributed by atoms with E-state index in [9.17, 15) is 0 Å². The van der Waals surface area contributed by atoms with E-state index in [1.807, 2.05) is 0 Å². The van der Waals surface area contributed by atoms with Crippen LogP contribution in [0.5, 0.6) is 0 Å². The van der Waals surface area contributed by atoms with Gasteiger partial charge in [-0.15, -0.1) is 0 Å². The Hall–Kier alpha value is 1.55. The Bertz CT molecular complexity index is 7.51. The maximum Gasteiger partial charge on any atom is 2.00 e. The SMILES string of the molecule is [CH2-]C.[CH2-]C.[Cd].[Zn+2]. The number of rotatable bonds is 0. The molecule has 0 aliphatic heterocycles. The first-order chi connectivity index (χ1) is 2.00. The third-order valence-electron chi connectivity index (χ3n) is 0. The largest absolute Gasteiger partial charge is 2.00 e. The van der Waals surface area contributed by atoms with Gasteiger partial charge in [-0.3, -0.25) is 0 Å². The van der Waals surface area contributed by atoms with E-state index in [2.05, 4.69) is 13.8 Å². The molecule has 0 aliphatic rings. The monoisotopic (exact) mass is 236 g/mol. The van der Waals surface area contributed by atoms with Crippen molar-refractivity contribution in [2.24, 2.45) is 0 Å². The maximum absolute atomic E-state index is 3.25. The first kappa shape index (κ1) is 25.7. The molecule has 0 bridgehead atoms. The molecular formula is C4H10CdZn. The molecule has 0 fully saturated rings. The molecule has 0 spiro atoms. The topological polar surface area (TPSA) is 0 Å². The van der Waals surface area contributed by atoms with E-state index in [1.54, 1.807) is 13.8 Å². The van der Waals surface area contributed by atoms with Gasteiger partial charge in [0.2, 0.25) is 0 Å². The summed E-state index contributed by atoms with van der Waals surface area (Å²) in [5.41, 5.74) is 0. The zero-order valence-electron chi connectivity index (χ0n) is 4.83. The summed E-state index contributed by atoms with van der Waals surface area (Å²) in [4.78, 5) is 0. The Morgan fingerprint density at radius 3 is 0.833 bits per heavy atom. The first-order valence-electron chi connectivity index (χ1n) is 1.41. The van der Waals surface area contributed by atoms with Crippen molar-refractivity contribution < 1.29 is 46.8 Å². The zero-order chi connectivity index (χ0) is 4.00. The average molecular weight is 236 g/mol. The second-order valence-corrected chi connectivity index (χ2v) is 0. The van der Waals surface area contributed by atoms with E-state index >= 15 is 0 Å². The fourth-order valence-electron chi connectivity index (χ4n) is 0. The van der Waals surface area contributed by atoms with Crippen LogP contribution in [-0.4, -0.2) is 0 Å². The number of hydrogen-bond acceptors (Lipinski definition) is 0. The first-order valence-corrected chi connectivity index (χ1v) is 1.41. The Morgan fingerprint density at radius 1 is 0.833 bits per heavy atom. The summed E-state index contributed by atoms with van der Waals surface area (Å²) < 4.78 is 0. The van der Waals surface area contributed by atoms with Gasteiger partial charge in [-0.25, -0.2) is 0 Å². The van der Waals surface area contributed by atoms with E-state index in [4.69, 9.17) is 0 Å². The van der Waals surface area contributed by atoms with Crippen LogP contribution in [0.25, 0.3) is 0 Å². The average Bonchev–Trinajstić information content (AvgIpc) is 1.50. The smallest absolute Gasteiger partial charge is 0.346 e. The minimum atomic E-state index is 0. The van der Waals surface area contributed by atoms with Gasteiger partial charge in [0.05, 0.1) is 0 Å². The molecule has 30 valence electrons. The van der Waals surface area contributed by atoms with E-state index in [0.717, 1.165) is 0 Å². The van der Waals surface area contributed by atoms with Crippen LogP contribution in [0.2, 0.25) is 0 Å². The van der Waals surface area contributed by atoms with E-state index in [0.29, 0.717) is 0 Å². The molecule has 0 N–H and O–H groups in total. The second-order valence-electron chi connectivity index (χ2n) is 0. The van der Waals surface area contributed by atoms with Crippen molar-refractivity contribution in [3.8, 4) is 0 Å². The number of hydrogen-bond donors (Lipinski definition) is 0. The van der Waals surface area contributed by atoms with Crippen molar-refractivity contribution in [2.45, 2.75) is 13.8 Å². The summed E-state index contributed by atoms with van der Waals surface area (Å²) in [6.07, 6.45) is 0. The Kier molecular flexibility index (Phi) is 361. The third kappa shape index (κ3) is 48.0. The minimum absolute atomic E-state index is 0. The van der Waals surface area contributed by atoms with Crippen molar-refractivity contribution >= 4 is 0 Å². The summed E-state index contributed by atoms with van der Waals surface area (Å²) in [6, 6.07) is 0. The fraction of sp³-hybridized carbons (Fsp3) is 0.500. The van der Waals surface area contributed by atoms with Crippen LogP contribution in [0.3, 0.4) is 0 Å². The minimum Gasteiger partial charge on any atom is -0.346 e. The molecule has 0 aromatic carbocycles. The van der Waals surface area contributed by atoms with Gasteiger partial charge in [0, 0.05) is 27.3 Å². The van der Waals surface area contributed by atoms with E-state index in [1.165, 1.54) is 0 Å².